The van der Waals surface area contributed by atoms with Gasteiger partial charge in [0.1, 0.15) is 17.3 Å². The molecule has 0 amide bonds. The average Bonchev–Trinajstić information content (AvgIpc) is 2.86. The number of hydrogen-bond donors (Lipinski definition) is 3. The molecule has 0 radical (unpaired) electrons. The van der Waals surface area contributed by atoms with E-state index in [1.807, 2.05) is 48.5 Å². The van der Waals surface area contributed by atoms with Gasteiger partial charge in [-0.05, 0) is 36.8 Å². The Bertz CT molecular complexity index is 1170. The molecule has 8 heteroatoms. The van der Waals surface area contributed by atoms with E-state index in [4.69, 9.17) is 24.7 Å². The van der Waals surface area contributed by atoms with Crippen molar-refractivity contribution in [2.45, 2.75) is 6.42 Å². The molecule has 4 rings (SSSR count). The summed E-state index contributed by atoms with van der Waals surface area (Å²) in [4.78, 5) is 9.56. The lowest BCUT2D eigenvalue weighted by atomic mass is 10.1. The van der Waals surface area contributed by atoms with Crippen LogP contribution in [0.5, 0.6) is 11.5 Å². The van der Waals surface area contributed by atoms with Crippen molar-refractivity contribution < 1.29 is 9.47 Å². The van der Waals surface area contributed by atoms with Crippen LogP contribution >= 0.6 is 0 Å². The highest BCUT2D eigenvalue weighted by molar-refractivity contribution is 5.91. The van der Waals surface area contributed by atoms with E-state index in [9.17, 15) is 0 Å². The Hall–Kier alpha value is -3.99. The molecule has 2 heterocycles. The van der Waals surface area contributed by atoms with Crippen LogP contribution in [-0.4, -0.2) is 43.8 Å². The molecule has 164 valence electrons. The minimum absolute atomic E-state index is 0.0411. The fraction of sp³-hybridized carbons (Fsp3) is 0.292. The molecule has 1 aromatic heterocycles. The van der Waals surface area contributed by atoms with Gasteiger partial charge in [-0.2, -0.15) is 5.26 Å². The number of fused-ring (bicyclic) bond motifs is 1. The second-order valence-electron chi connectivity index (χ2n) is 7.39. The number of ether oxygens (including phenoxy) is 2. The average molecular weight is 431 g/mol. The Kier molecular flexibility index (Phi) is 6.56. The van der Waals surface area contributed by atoms with Crippen LogP contribution in [0.15, 0.2) is 54.4 Å². The molecule has 0 saturated heterocycles. The molecule has 3 aromatic rings. The largest absolute Gasteiger partial charge is 0.497 e. The first-order valence-electron chi connectivity index (χ1n) is 10.5. The van der Waals surface area contributed by atoms with E-state index < -0.39 is 0 Å². The first kappa shape index (κ1) is 21.2. The summed E-state index contributed by atoms with van der Waals surface area (Å²) in [5, 5.41) is 20.0. The number of anilines is 1. The van der Waals surface area contributed by atoms with Gasteiger partial charge in [0, 0.05) is 31.1 Å². The van der Waals surface area contributed by atoms with Gasteiger partial charge in [0.2, 0.25) is 0 Å². The molecular formula is C24H26N6O2. The van der Waals surface area contributed by atoms with Crippen LogP contribution in [0.2, 0.25) is 0 Å². The van der Waals surface area contributed by atoms with Crippen LogP contribution in [0.3, 0.4) is 0 Å². The van der Waals surface area contributed by atoms with Gasteiger partial charge in [0.15, 0.2) is 5.82 Å². The summed E-state index contributed by atoms with van der Waals surface area (Å²) in [6.07, 6.45) is 2.80. The summed E-state index contributed by atoms with van der Waals surface area (Å²) in [7, 11) is 3.24. The highest BCUT2D eigenvalue weighted by Gasteiger charge is 2.15. The third kappa shape index (κ3) is 4.67. The van der Waals surface area contributed by atoms with E-state index in [-0.39, 0.29) is 5.92 Å². The first-order chi connectivity index (χ1) is 15.7. The van der Waals surface area contributed by atoms with Gasteiger partial charge in [-0.1, -0.05) is 12.1 Å². The Morgan fingerprint density at radius 1 is 1.09 bits per heavy atom. The molecule has 0 aliphatic carbocycles. The maximum atomic E-state index is 8.99. The molecule has 1 atom stereocenters. The lowest BCUT2D eigenvalue weighted by molar-refractivity contribution is 0.395. The second-order valence-corrected chi connectivity index (χ2v) is 7.39. The number of allylic oxidation sites excluding steroid dienone is 1. The van der Waals surface area contributed by atoms with Crippen molar-refractivity contribution in [1.29, 1.82) is 5.26 Å². The molecule has 1 aliphatic heterocycles. The fourth-order valence-corrected chi connectivity index (χ4v) is 3.57. The Morgan fingerprint density at radius 2 is 1.94 bits per heavy atom. The van der Waals surface area contributed by atoms with Crippen molar-refractivity contribution >= 4 is 16.7 Å². The standard InChI is InChI=1S/C24H26N6O2/c1-31-17-8-9-19(21(13-17)32-2)24-29-20-6-4-3-5-18(20)23(30-24)27-12-11-26-22-10-7-16(14-25)15-28-22/h3-6,8-10,13,16,26,28H,7,11-12,15H2,1-2H3,(H,27,29,30). The van der Waals surface area contributed by atoms with Crippen LogP contribution in [-0.2, 0) is 0 Å². The molecule has 1 unspecified atom stereocenters. The fourth-order valence-electron chi connectivity index (χ4n) is 3.57. The highest BCUT2D eigenvalue weighted by atomic mass is 16.5. The van der Waals surface area contributed by atoms with E-state index in [1.54, 1.807) is 14.2 Å². The maximum absolute atomic E-state index is 8.99. The van der Waals surface area contributed by atoms with Crippen molar-refractivity contribution in [2.24, 2.45) is 5.92 Å². The molecule has 3 N–H and O–H groups in total. The van der Waals surface area contributed by atoms with Gasteiger partial charge in [0.25, 0.3) is 0 Å². The third-order valence-corrected chi connectivity index (χ3v) is 5.31. The summed E-state index contributed by atoms with van der Waals surface area (Å²) in [5.41, 5.74) is 1.65. The maximum Gasteiger partial charge on any atom is 0.165 e. The van der Waals surface area contributed by atoms with E-state index >= 15 is 0 Å². The predicted octanol–water partition coefficient (Wildman–Crippen LogP) is 3.29. The van der Waals surface area contributed by atoms with Gasteiger partial charge in [-0.25, -0.2) is 9.97 Å². The van der Waals surface area contributed by atoms with E-state index in [0.717, 1.165) is 34.5 Å². The van der Waals surface area contributed by atoms with E-state index in [2.05, 4.69) is 22.0 Å². The van der Waals surface area contributed by atoms with Crippen LogP contribution in [0, 0.1) is 17.2 Å². The number of rotatable bonds is 8. The van der Waals surface area contributed by atoms with E-state index in [0.29, 0.717) is 37.0 Å². The van der Waals surface area contributed by atoms with Crippen LogP contribution in [0.1, 0.15) is 6.42 Å². The molecule has 0 saturated carbocycles. The smallest absolute Gasteiger partial charge is 0.165 e. The zero-order valence-corrected chi connectivity index (χ0v) is 18.2. The van der Waals surface area contributed by atoms with Crippen molar-refractivity contribution in [2.75, 3.05) is 39.2 Å². The molecule has 0 bridgehead atoms. The lowest BCUT2D eigenvalue weighted by Crippen LogP contribution is -2.35. The quantitative estimate of drug-likeness (QED) is 0.468. The summed E-state index contributed by atoms with van der Waals surface area (Å²) in [5.74, 6) is 3.72. The number of nitriles is 1. The summed E-state index contributed by atoms with van der Waals surface area (Å²) >= 11 is 0. The minimum Gasteiger partial charge on any atom is -0.497 e. The normalized spacial score (nSPS) is 15.3. The minimum atomic E-state index is 0.0411. The number of aromatic nitrogens is 2. The second kappa shape index (κ2) is 9.88. The zero-order valence-electron chi connectivity index (χ0n) is 18.2. The first-order valence-corrected chi connectivity index (χ1v) is 10.5. The third-order valence-electron chi connectivity index (χ3n) is 5.31. The number of nitrogens with zero attached hydrogens (tertiary/aromatic N) is 3. The van der Waals surface area contributed by atoms with Gasteiger partial charge in [-0.15, -0.1) is 0 Å². The van der Waals surface area contributed by atoms with Gasteiger partial charge in [0.05, 0.1) is 43.1 Å². The summed E-state index contributed by atoms with van der Waals surface area (Å²) in [6, 6.07) is 15.8. The number of nitrogens with one attached hydrogen (secondary N) is 3. The predicted molar refractivity (Wildman–Crippen MR) is 124 cm³/mol. The van der Waals surface area contributed by atoms with Crippen molar-refractivity contribution in [1.82, 2.24) is 20.6 Å². The highest BCUT2D eigenvalue weighted by Crippen LogP contribution is 2.33. The van der Waals surface area contributed by atoms with E-state index in [1.165, 1.54) is 0 Å². The lowest BCUT2D eigenvalue weighted by Gasteiger charge is -2.20. The Balaban J connectivity index is 1.53. The van der Waals surface area contributed by atoms with Crippen molar-refractivity contribution in [3.05, 3.63) is 54.4 Å². The molecule has 0 fully saturated rings. The van der Waals surface area contributed by atoms with Gasteiger partial charge >= 0.3 is 0 Å². The molecular weight excluding hydrogens is 404 g/mol. The van der Waals surface area contributed by atoms with Gasteiger partial charge < -0.3 is 25.4 Å². The zero-order chi connectivity index (χ0) is 22.3. The number of hydrogen-bond acceptors (Lipinski definition) is 8. The number of benzene rings is 2. The molecule has 8 nitrogen and oxygen atoms in total. The van der Waals surface area contributed by atoms with Crippen molar-refractivity contribution in [3.8, 4) is 29.0 Å². The topological polar surface area (TPSA) is 104 Å². The molecule has 32 heavy (non-hydrogen) atoms. The number of para-hydroxylation sites is 1. The van der Waals surface area contributed by atoms with Gasteiger partial charge in [-0.3, -0.25) is 0 Å². The van der Waals surface area contributed by atoms with Crippen LogP contribution < -0.4 is 25.4 Å². The number of methoxy groups -OCH3 is 2. The Labute approximate surface area is 187 Å². The van der Waals surface area contributed by atoms with Crippen LogP contribution in [0.4, 0.5) is 5.82 Å². The Morgan fingerprint density at radius 3 is 2.69 bits per heavy atom. The molecule has 1 aliphatic rings. The SMILES string of the molecule is COc1ccc(-c2nc(NCCNC3=CCC(C#N)CN3)c3ccccc3n2)c(OC)c1. The molecule has 0 spiro atoms. The molecule has 2 aromatic carbocycles. The van der Waals surface area contributed by atoms with Crippen LogP contribution in [0.25, 0.3) is 22.3 Å². The van der Waals surface area contributed by atoms with Crippen molar-refractivity contribution in [3.63, 3.8) is 0 Å². The monoisotopic (exact) mass is 430 g/mol. The summed E-state index contributed by atoms with van der Waals surface area (Å²) < 4.78 is 10.9. The summed E-state index contributed by atoms with van der Waals surface area (Å²) in [6.45, 7) is 2.04.